The Balaban J connectivity index is 2.51. The van der Waals surface area contributed by atoms with E-state index in [2.05, 4.69) is 42.1 Å². The lowest BCUT2D eigenvalue weighted by molar-refractivity contribution is 0.537. The molecule has 0 aliphatic heterocycles. The molecule has 2 aromatic rings. The number of rotatable bonds is 1. The van der Waals surface area contributed by atoms with Gasteiger partial charge in [0.05, 0.1) is 0 Å². The van der Waals surface area contributed by atoms with Crippen LogP contribution in [-0.2, 0) is 0 Å². The van der Waals surface area contributed by atoms with Gasteiger partial charge in [-0.05, 0) is 18.2 Å². The fourth-order valence-corrected chi connectivity index (χ4v) is 2.61. The number of halogens is 3. The molecule has 1 heterocycles. The fourth-order valence-electron chi connectivity index (χ4n) is 0.999. The Bertz CT molecular complexity index is 452. The SMILES string of the molecule is Brc1cc(Br)cc(-c2nnc(I)o2)c1. The summed E-state index contributed by atoms with van der Waals surface area (Å²) in [5.74, 6) is 0.524. The van der Waals surface area contributed by atoms with E-state index in [4.69, 9.17) is 4.42 Å². The van der Waals surface area contributed by atoms with Crippen LogP contribution in [0, 0.1) is 3.90 Å². The highest BCUT2D eigenvalue weighted by Gasteiger charge is 2.07. The first-order valence-electron chi connectivity index (χ1n) is 3.60. The largest absolute Gasteiger partial charge is 0.412 e. The van der Waals surface area contributed by atoms with Gasteiger partial charge in [-0.2, -0.15) is 0 Å². The molecule has 0 N–H and O–H groups in total. The summed E-state index contributed by atoms with van der Waals surface area (Å²) >= 11 is 8.77. The van der Waals surface area contributed by atoms with Crippen molar-refractivity contribution < 1.29 is 4.42 Å². The minimum absolute atomic E-state index is 0.524. The van der Waals surface area contributed by atoms with Crippen LogP contribution in [0.4, 0.5) is 0 Å². The lowest BCUT2D eigenvalue weighted by atomic mass is 10.2. The summed E-state index contributed by atoms with van der Waals surface area (Å²) in [6, 6.07) is 5.80. The number of hydrogen-bond donors (Lipinski definition) is 0. The first-order valence-corrected chi connectivity index (χ1v) is 6.27. The van der Waals surface area contributed by atoms with E-state index in [0.717, 1.165) is 14.5 Å². The van der Waals surface area contributed by atoms with Gasteiger partial charge in [0.1, 0.15) is 0 Å². The summed E-state index contributed by atoms with van der Waals surface area (Å²) in [4.78, 5) is 0. The van der Waals surface area contributed by atoms with Gasteiger partial charge in [0.15, 0.2) is 0 Å². The van der Waals surface area contributed by atoms with Gasteiger partial charge in [0.2, 0.25) is 5.89 Å². The van der Waals surface area contributed by atoms with Crippen LogP contribution in [0.1, 0.15) is 0 Å². The predicted octanol–water partition coefficient (Wildman–Crippen LogP) is 3.87. The average Bonchev–Trinajstić information content (AvgIpc) is 2.50. The second-order valence-corrected chi connectivity index (χ2v) is 5.27. The van der Waals surface area contributed by atoms with Crippen LogP contribution >= 0.6 is 54.5 Å². The van der Waals surface area contributed by atoms with Crippen molar-refractivity contribution >= 4 is 54.5 Å². The van der Waals surface area contributed by atoms with Gasteiger partial charge >= 0.3 is 0 Å². The van der Waals surface area contributed by atoms with Crippen LogP contribution in [0.2, 0.25) is 0 Å². The van der Waals surface area contributed by atoms with Gasteiger partial charge in [0.25, 0.3) is 3.90 Å². The Morgan fingerprint density at radius 3 is 2.21 bits per heavy atom. The zero-order valence-electron chi connectivity index (χ0n) is 6.67. The topological polar surface area (TPSA) is 38.9 Å². The van der Waals surface area contributed by atoms with Crippen LogP contribution in [-0.4, -0.2) is 10.2 Å². The Morgan fingerprint density at radius 1 is 1.07 bits per heavy atom. The molecule has 0 fully saturated rings. The van der Waals surface area contributed by atoms with E-state index in [1.807, 2.05) is 40.8 Å². The number of benzene rings is 1. The zero-order chi connectivity index (χ0) is 10.1. The van der Waals surface area contributed by atoms with Crippen LogP contribution in [0.5, 0.6) is 0 Å². The van der Waals surface area contributed by atoms with Crippen molar-refractivity contribution in [3.63, 3.8) is 0 Å². The summed E-state index contributed by atoms with van der Waals surface area (Å²) in [5, 5.41) is 7.69. The number of nitrogens with zero attached hydrogens (tertiary/aromatic N) is 2. The minimum atomic E-state index is 0.524. The van der Waals surface area contributed by atoms with Crippen molar-refractivity contribution in [3.05, 3.63) is 31.0 Å². The van der Waals surface area contributed by atoms with Crippen LogP contribution in [0.3, 0.4) is 0 Å². The molecule has 2 rings (SSSR count). The first-order chi connectivity index (χ1) is 6.65. The Labute approximate surface area is 111 Å². The number of hydrogen-bond acceptors (Lipinski definition) is 3. The molecule has 0 unspecified atom stereocenters. The van der Waals surface area contributed by atoms with Gasteiger partial charge in [-0.1, -0.05) is 31.9 Å². The van der Waals surface area contributed by atoms with E-state index in [1.54, 1.807) is 0 Å². The molecule has 0 bridgehead atoms. The van der Waals surface area contributed by atoms with Crippen molar-refractivity contribution in [1.29, 1.82) is 0 Å². The normalized spacial score (nSPS) is 10.5. The third-order valence-electron chi connectivity index (χ3n) is 1.51. The van der Waals surface area contributed by atoms with Crippen molar-refractivity contribution in [2.45, 2.75) is 0 Å². The number of aromatic nitrogens is 2. The molecule has 0 atom stereocenters. The quantitative estimate of drug-likeness (QED) is 0.646. The maximum Gasteiger partial charge on any atom is 0.278 e. The highest BCUT2D eigenvalue weighted by Crippen LogP contribution is 2.26. The van der Waals surface area contributed by atoms with Gasteiger partial charge < -0.3 is 4.42 Å². The Hall–Kier alpha value is 0.0500. The molecule has 1 aromatic carbocycles. The molecule has 3 nitrogen and oxygen atoms in total. The molecular weight excluding hydrogens is 427 g/mol. The highest BCUT2D eigenvalue weighted by atomic mass is 127. The summed E-state index contributed by atoms with van der Waals surface area (Å²) in [6.45, 7) is 0. The summed E-state index contributed by atoms with van der Waals surface area (Å²) < 4.78 is 7.77. The predicted molar refractivity (Wildman–Crippen MR) is 67.9 cm³/mol. The maximum atomic E-state index is 5.30. The minimum Gasteiger partial charge on any atom is -0.412 e. The van der Waals surface area contributed by atoms with Gasteiger partial charge in [0, 0.05) is 37.1 Å². The highest BCUT2D eigenvalue weighted by molar-refractivity contribution is 14.1. The van der Waals surface area contributed by atoms with E-state index >= 15 is 0 Å². The lowest BCUT2D eigenvalue weighted by Crippen LogP contribution is -1.78. The summed E-state index contributed by atoms with van der Waals surface area (Å²) in [7, 11) is 0. The third-order valence-corrected chi connectivity index (χ3v) is 2.86. The molecule has 72 valence electrons. The Morgan fingerprint density at radius 2 is 1.71 bits per heavy atom. The van der Waals surface area contributed by atoms with Crippen LogP contribution in [0.15, 0.2) is 31.6 Å². The van der Waals surface area contributed by atoms with Crippen molar-refractivity contribution in [2.24, 2.45) is 0 Å². The summed E-state index contributed by atoms with van der Waals surface area (Å²) in [5.41, 5.74) is 0.890. The van der Waals surface area contributed by atoms with Crippen LogP contribution < -0.4 is 0 Å². The molecule has 0 radical (unpaired) electrons. The third kappa shape index (κ3) is 2.34. The van der Waals surface area contributed by atoms with Crippen LogP contribution in [0.25, 0.3) is 11.5 Å². The molecule has 6 heteroatoms. The molecule has 0 aliphatic rings. The standard InChI is InChI=1S/C8H3Br2IN2O/c9-5-1-4(2-6(10)3-5)7-12-13-8(11)14-7/h1-3H. The van der Waals surface area contributed by atoms with E-state index in [1.165, 1.54) is 0 Å². The molecule has 0 amide bonds. The molecule has 0 spiro atoms. The van der Waals surface area contributed by atoms with Crippen molar-refractivity contribution in [2.75, 3.05) is 0 Å². The van der Waals surface area contributed by atoms with E-state index in [9.17, 15) is 0 Å². The molecule has 0 saturated carbocycles. The lowest BCUT2D eigenvalue weighted by Gasteiger charge is -1.97. The van der Waals surface area contributed by atoms with Gasteiger partial charge in [-0.3, -0.25) is 0 Å². The Kier molecular flexibility index (Phi) is 3.23. The van der Waals surface area contributed by atoms with E-state index < -0.39 is 0 Å². The second-order valence-electron chi connectivity index (χ2n) is 2.52. The smallest absolute Gasteiger partial charge is 0.278 e. The average molecular weight is 430 g/mol. The van der Waals surface area contributed by atoms with Gasteiger partial charge in [-0.25, -0.2) is 0 Å². The molecule has 0 aliphatic carbocycles. The fraction of sp³-hybridized carbons (Fsp3) is 0. The zero-order valence-corrected chi connectivity index (χ0v) is 12.0. The molecule has 1 aromatic heterocycles. The maximum absolute atomic E-state index is 5.30. The molecule has 14 heavy (non-hydrogen) atoms. The molecular formula is C8H3Br2IN2O. The molecule has 0 saturated heterocycles. The summed E-state index contributed by atoms with van der Waals surface area (Å²) in [6.07, 6.45) is 0. The van der Waals surface area contributed by atoms with Crippen molar-refractivity contribution in [1.82, 2.24) is 10.2 Å². The van der Waals surface area contributed by atoms with E-state index in [-0.39, 0.29) is 0 Å². The van der Waals surface area contributed by atoms with Crippen molar-refractivity contribution in [3.8, 4) is 11.5 Å². The monoisotopic (exact) mass is 428 g/mol. The first kappa shape index (κ1) is 10.6. The second kappa shape index (κ2) is 4.28. The van der Waals surface area contributed by atoms with Gasteiger partial charge in [-0.15, -0.1) is 10.2 Å². The van der Waals surface area contributed by atoms with E-state index in [0.29, 0.717) is 9.79 Å².